The fourth-order valence-electron chi connectivity index (χ4n) is 2.47. The highest BCUT2D eigenvalue weighted by atomic mass is 32.1. The normalized spacial score (nSPS) is 18.6. The largest absolute Gasteiger partial charge is 0.444 e. The van der Waals surface area contributed by atoms with E-state index in [1.165, 1.54) is 11.3 Å². The number of carbonyl (C=O) groups excluding carboxylic acids is 2. The molecule has 1 fully saturated rings. The van der Waals surface area contributed by atoms with Gasteiger partial charge in [-0.3, -0.25) is 4.79 Å². The summed E-state index contributed by atoms with van der Waals surface area (Å²) in [5.41, 5.74) is 0.447. The molecule has 1 aliphatic rings. The van der Waals surface area contributed by atoms with Gasteiger partial charge in [-0.2, -0.15) is 0 Å². The van der Waals surface area contributed by atoms with Gasteiger partial charge in [0.05, 0.1) is 12.5 Å². The van der Waals surface area contributed by atoms with Gasteiger partial charge in [-0.15, -0.1) is 11.3 Å². The number of rotatable bonds is 3. The van der Waals surface area contributed by atoms with Gasteiger partial charge >= 0.3 is 6.09 Å². The van der Waals surface area contributed by atoms with Gasteiger partial charge in [0, 0.05) is 24.2 Å². The van der Waals surface area contributed by atoms with Gasteiger partial charge < -0.3 is 15.0 Å². The van der Waals surface area contributed by atoms with E-state index in [1.54, 1.807) is 4.90 Å². The number of likely N-dealkylation sites (tertiary alicyclic amines) is 1. The number of nitrogens with one attached hydrogen (secondary N) is 1. The first-order valence-corrected chi connectivity index (χ1v) is 8.79. The number of carbonyl (C=O) groups is 2. The maximum absolute atomic E-state index is 12.3. The van der Waals surface area contributed by atoms with Crippen molar-refractivity contribution < 1.29 is 14.3 Å². The number of aryl methyl sites for hydroxylation is 1. The maximum Gasteiger partial charge on any atom is 0.410 e. The SMILES string of the molecule is Cc1csc(CNC(=O)C2CCCN(C(=O)OC(C)(C)C)C2)n1. The molecule has 1 aliphatic heterocycles. The van der Waals surface area contributed by atoms with Crippen LogP contribution in [0.3, 0.4) is 0 Å². The molecule has 0 aliphatic carbocycles. The van der Waals surface area contributed by atoms with Crippen molar-refractivity contribution in [3.8, 4) is 0 Å². The van der Waals surface area contributed by atoms with E-state index in [9.17, 15) is 9.59 Å². The molecule has 23 heavy (non-hydrogen) atoms. The molecule has 2 heterocycles. The average Bonchev–Trinajstić information content (AvgIpc) is 2.89. The van der Waals surface area contributed by atoms with E-state index >= 15 is 0 Å². The number of ether oxygens (including phenoxy) is 1. The maximum atomic E-state index is 12.3. The fourth-order valence-corrected chi connectivity index (χ4v) is 3.19. The second kappa shape index (κ2) is 7.29. The zero-order valence-corrected chi connectivity index (χ0v) is 15.0. The first-order chi connectivity index (χ1) is 10.7. The third-order valence-corrected chi connectivity index (χ3v) is 4.49. The van der Waals surface area contributed by atoms with Gasteiger partial charge in [0.1, 0.15) is 10.6 Å². The molecule has 0 bridgehead atoms. The van der Waals surface area contributed by atoms with Gasteiger partial charge in [0.2, 0.25) is 5.91 Å². The van der Waals surface area contributed by atoms with E-state index < -0.39 is 5.60 Å². The van der Waals surface area contributed by atoms with Gasteiger partial charge in [-0.25, -0.2) is 9.78 Å². The highest BCUT2D eigenvalue weighted by molar-refractivity contribution is 7.09. The first-order valence-electron chi connectivity index (χ1n) is 7.91. The Balaban J connectivity index is 1.85. The lowest BCUT2D eigenvalue weighted by Crippen LogP contribution is -2.46. The Morgan fingerprint density at radius 2 is 2.22 bits per heavy atom. The average molecular weight is 339 g/mol. The number of hydrogen-bond donors (Lipinski definition) is 1. The molecule has 0 aromatic carbocycles. The minimum atomic E-state index is -0.519. The van der Waals surface area contributed by atoms with E-state index in [0.717, 1.165) is 23.5 Å². The summed E-state index contributed by atoms with van der Waals surface area (Å²) in [5, 5.41) is 5.78. The van der Waals surface area contributed by atoms with Crippen molar-refractivity contribution in [1.29, 1.82) is 0 Å². The third-order valence-electron chi connectivity index (χ3n) is 3.52. The van der Waals surface area contributed by atoms with Crippen LogP contribution in [0.4, 0.5) is 4.79 Å². The van der Waals surface area contributed by atoms with Crippen LogP contribution in [0.2, 0.25) is 0 Å². The summed E-state index contributed by atoms with van der Waals surface area (Å²) in [6.07, 6.45) is 1.26. The quantitative estimate of drug-likeness (QED) is 0.919. The molecule has 6 nitrogen and oxygen atoms in total. The van der Waals surface area contributed by atoms with Crippen LogP contribution in [0.5, 0.6) is 0 Å². The lowest BCUT2D eigenvalue weighted by atomic mass is 9.97. The smallest absolute Gasteiger partial charge is 0.410 e. The first kappa shape index (κ1) is 17.7. The van der Waals surface area contributed by atoms with Crippen molar-refractivity contribution in [2.45, 2.75) is 52.7 Å². The van der Waals surface area contributed by atoms with Crippen LogP contribution >= 0.6 is 11.3 Å². The molecule has 1 atom stereocenters. The number of piperidine rings is 1. The molecular weight excluding hydrogens is 314 g/mol. The molecule has 0 saturated carbocycles. The summed E-state index contributed by atoms with van der Waals surface area (Å²) < 4.78 is 5.38. The summed E-state index contributed by atoms with van der Waals surface area (Å²) in [4.78, 5) is 30.4. The number of hydrogen-bond acceptors (Lipinski definition) is 5. The van der Waals surface area contributed by atoms with Gasteiger partial charge in [0.25, 0.3) is 0 Å². The molecule has 128 valence electrons. The van der Waals surface area contributed by atoms with Crippen LogP contribution in [0.15, 0.2) is 5.38 Å². The van der Waals surface area contributed by atoms with Crippen molar-refractivity contribution in [3.63, 3.8) is 0 Å². The number of amides is 2. The van der Waals surface area contributed by atoms with E-state index in [-0.39, 0.29) is 17.9 Å². The van der Waals surface area contributed by atoms with Crippen LogP contribution in [-0.2, 0) is 16.1 Å². The van der Waals surface area contributed by atoms with Crippen LogP contribution in [0.25, 0.3) is 0 Å². The Bertz CT molecular complexity index is 565. The molecule has 7 heteroatoms. The topological polar surface area (TPSA) is 71.5 Å². The fraction of sp³-hybridized carbons (Fsp3) is 0.688. The highest BCUT2D eigenvalue weighted by Crippen LogP contribution is 2.20. The van der Waals surface area contributed by atoms with Crippen molar-refractivity contribution >= 4 is 23.3 Å². The van der Waals surface area contributed by atoms with Gasteiger partial charge in [-0.1, -0.05) is 0 Å². The summed E-state index contributed by atoms with van der Waals surface area (Å²) >= 11 is 1.54. The lowest BCUT2D eigenvalue weighted by Gasteiger charge is -2.33. The predicted octanol–water partition coefficient (Wildman–Crippen LogP) is 2.71. The minimum absolute atomic E-state index is 0.0221. The summed E-state index contributed by atoms with van der Waals surface area (Å²) in [6, 6.07) is 0. The molecule has 1 aromatic rings. The Kier molecular flexibility index (Phi) is 5.62. The zero-order valence-electron chi connectivity index (χ0n) is 14.2. The zero-order chi connectivity index (χ0) is 17.0. The summed E-state index contributed by atoms with van der Waals surface area (Å²) in [5.74, 6) is -0.205. The predicted molar refractivity (Wildman–Crippen MR) is 89.2 cm³/mol. The van der Waals surface area contributed by atoms with E-state index in [4.69, 9.17) is 4.74 Å². The second-order valence-electron chi connectivity index (χ2n) is 6.87. The standard InChI is InChI=1S/C16H25N3O3S/c1-11-10-23-13(18-11)8-17-14(20)12-6-5-7-19(9-12)15(21)22-16(2,3)4/h10,12H,5-9H2,1-4H3,(H,17,20). The summed E-state index contributed by atoms with van der Waals surface area (Å²) in [7, 11) is 0. The second-order valence-corrected chi connectivity index (χ2v) is 7.81. The van der Waals surface area contributed by atoms with Crippen LogP contribution in [0.1, 0.15) is 44.3 Å². The van der Waals surface area contributed by atoms with Crippen molar-refractivity contribution in [2.24, 2.45) is 5.92 Å². The van der Waals surface area contributed by atoms with Gasteiger partial charge in [0.15, 0.2) is 0 Å². The third kappa shape index (κ3) is 5.49. The number of thiazole rings is 1. The van der Waals surface area contributed by atoms with Crippen molar-refractivity contribution in [1.82, 2.24) is 15.2 Å². The molecule has 1 saturated heterocycles. The Morgan fingerprint density at radius 1 is 1.48 bits per heavy atom. The number of nitrogens with zero attached hydrogens (tertiary/aromatic N) is 2. The van der Waals surface area contributed by atoms with Crippen molar-refractivity contribution in [2.75, 3.05) is 13.1 Å². The highest BCUT2D eigenvalue weighted by Gasteiger charge is 2.30. The molecular formula is C16H25N3O3S. The lowest BCUT2D eigenvalue weighted by molar-refractivity contribution is -0.126. The molecule has 2 amide bonds. The van der Waals surface area contributed by atoms with Crippen molar-refractivity contribution in [3.05, 3.63) is 16.1 Å². The minimum Gasteiger partial charge on any atom is -0.444 e. The Morgan fingerprint density at radius 3 is 2.83 bits per heavy atom. The van der Waals surface area contributed by atoms with Crippen LogP contribution in [-0.4, -0.2) is 40.6 Å². The Hall–Kier alpha value is -1.63. The van der Waals surface area contributed by atoms with E-state index in [2.05, 4.69) is 10.3 Å². The monoisotopic (exact) mass is 339 g/mol. The molecule has 1 aromatic heterocycles. The summed E-state index contributed by atoms with van der Waals surface area (Å²) in [6.45, 7) is 8.96. The van der Waals surface area contributed by atoms with Gasteiger partial charge in [-0.05, 0) is 40.5 Å². The molecule has 1 N–H and O–H groups in total. The van der Waals surface area contributed by atoms with Crippen LogP contribution in [0, 0.1) is 12.8 Å². The Labute approximate surface area is 141 Å². The van der Waals surface area contributed by atoms with E-state index in [1.807, 2.05) is 33.1 Å². The van der Waals surface area contributed by atoms with E-state index in [0.29, 0.717) is 19.6 Å². The molecule has 0 spiro atoms. The number of aromatic nitrogens is 1. The van der Waals surface area contributed by atoms with Crippen LogP contribution < -0.4 is 5.32 Å². The molecule has 2 rings (SSSR count). The molecule has 0 radical (unpaired) electrons. The molecule has 1 unspecified atom stereocenters.